The molecule has 320 valence electrons. The van der Waals surface area contributed by atoms with Crippen LogP contribution in [0.1, 0.15) is 128 Å². The van der Waals surface area contributed by atoms with E-state index in [1.165, 1.54) is 83.5 Å². The Morgan fingerprint density at radius 3 is 2.22 bits per heavy atom. The van der Waals surface area contributed by atoms with Crippen molar-refractivity contribution in [2.75, 3.05) is 30.9 Å². The summed E-state index contributed by atoms with van der Waals surface area (Å²) in [7, 11) is 1.62. The van der Waals surface area contributed by atoms with Crippen LogP contribution in [0, 0.1) is 36.0 Å². The zero-order chi connectivity index (χ0) is 41.5. The lowest BCUT2D eigenvalue weighted by molar-refractivity contribution is -0.129. The fourth-order valence-electron chi connectivity index (χ4n) is 10.8. The molecule has 11 nitrogen and oxygen atoms in total. The Balaban J connectivity index is 0.719. The number of hydrogen-bond donors (Lipinski definition) is 3. The van der Waals surface area contributed by atoms with Gasteiger partial charge in [0.2, 0.25) is 17.8 Å². The molecule has 2 amide bonds. The van der Waals surface area contributed by atoms with Crippen LogP contribution >= 0.6 is 0 Å². The molecule has 2 aromatic heterocycles. The zero-order valence-corrected chi connectivity index (χ0v) is 35.7. The molecular formula is C49H64N6O5. The molecule has 0 unspecified atom stereocenters. The largest absolute Gasteiger partial charge is 0.494 e. The zero-order valence-electron chi connectivity index (χ0n) is 35.7. The maximum Gasteiger partial charge on any atom is 0.257 e. The van der Waals surface area contributed by atoms with Crippen LogP contribution in [-0.4, -0.2) is 46.6 Å². The van der Waals surface area contributed by atoms with Crippen molar-refractivity contribution in [3.63, 3.8) is 0 Å². The number of aromatic nitrogens is 3. The lowest BCUT2D eigenvalue weighted by Crippen LogP contribution is -2.48. The molecule has 0 atom stereocenters. The number of methoxy groups -OCH3 is 1. The van der Waals surface area contributed by atoms with E-state index in [-0.39, 0.29) is 17.4 Å². The van der Waals surface area contributed by atoms with Crippen molar-refractivity contribution in [1.82, 2.24) is 19.9 Å². The van der Waals surface area contributed by atoms with Crippen LogP contribution in [0.25, 0.3) is 16.7 Å². The summed E-state index contributed by atoms with van der Waals surface area (Å²) in [6.45, 7) is 3.36. The van der Waals surface area contributed by atoms with Crippen LogP contribution in [0.15, 0.2) is 59.5 Å². The summed E-state index contributed by atoms with van der Waals surface area (Å²) >= 11 is 0. The van der Waals surface area contributed by atoms with Crippen molar-refractivity contribution in [2.45, 2.75) is 129 Å². The van der Waals surface area contributed by atoms with Crippen LogP contribution in [-0.2, 0) is 9.59 Å². The van der Waals surface area contributed by atoms with Crippen molar-refractivity contribution >= 4 is 40.2 Å². The highest BCUT2D eigenvalue weighted by Crippen LogP contribution is 2.61. The maximum atomic E-state index is 13.4. The third-order valence-corrected chi connectivity index (χ3v) is 13.6. The highest BCUT2D eigenvalue weighted by molar-refractivity contribution is 5.94. The van der Waals surface area contributed by atoms with E-state index in [0.29, 0.717) is 52.3 Å². The SMILES string of the molecule is COc1cc(OCCCCCCCCCCCCNC(=O)CC23CC4CC(CC(C4)C2)C3)ccc1Nc1ncc2c(C)cc(=O)n(-c3cccc(NC(=O)C4CC4)c3)c2n1. The van der Waals surface area contributed by atoms with Crippen molar-refractivity contribution in [3.05, 3.63) is 70.6 Å². The van der Waals surface area contributed by atoms with Crippen LogP contribution < -0.4 is 31.0 Å². The molecule has 5 aliphatic carbocycles. The number of ether oxygens (including phenoxy) is 2. The molecule has 9 rings (SSSR count). The van der Waals surface area contributed by atoms with Gasteiger partial charge in [0.05, 0.1) is 25.1 Å². The second kappa shape index (κ2) is 19.2. The molecule has 0 spiro atoms. The molecule has 4 aromatic rings. The van der Waals surface area contributed by atoms with E-state index in [2.05, 4.69) is 20.9 Å². The van der Waals surface area contributed by atoms with E-state index in [1.807, 2.05) is 43.3 Å². The van der Waals surface area contributed by atoms with E-state index in [0.717, 1.165) is 79.5 Å². The Morgan fingerprint density at radius 2 is 1.53 bits per heavy atom. The number of aryl methyl sites for hydroxylation is 1. The number of hydrogen-bond acceptors (Lipinski definition) is 8. The third kappa shape index (κ3) is 10.5. The minimum Gasteiger partial charge on any atom is -0.494 e. The number of nitrogens with zero attached hydrogens (tertiary/aromatic N) is 3. The Kier molecular flexibility index (Phi) is 13.4. The number of rotatable bonds is 22. The monoisotopic (exact) mass is 816 g/mol. The highest BCUT2D eigenvalue weighted by atomic mass is 16.5. The van der Waals surface area contributed by atoms with Crippen LogP contribution in [0.5, 0.6) is 11.5 Å². The first-order valence-corrected chi connectivity index (χ1v) is 22.9. The van der Waals surface area contributed by atoms with Gasteiger partial charge in [-0.3, -0.25) is 19.0 Å². The van der Waals surface area contributed by atoms with Gasteiger partial charge >= 0.3 is 0 Å². The first-order valence-electron chi connectivity index (χ1n) is 22.9. The molecule has 11 heteroatoms. The molecule has 0 aliphatic heterocycles. The minimum atomic E-state index is -0.226. The molecular weight excluding hydrogens is 753 g/mol. The molecule has 5 saturated carbocycles. The Labute approximate surface area is 354 Å². The number of anilines is 3. The Morgan fingerprint density at radius 1 is 0.850 bits per heavy atom. The van der Waals surface area contributed by atoms with E-state index >= 15 is 0 Å². The lowest BCUT2D eigenvalue weighted by Gasteiger charge is -2.56. The second-order valence-electron chi connectivity index (χ2n) is 18.6. The highest BCUT2D eigenvalue weighted by Gasteiger charge is 2.51. The van der Waals surface area contributed by atoms with Gasteiger partial charge in [-0.2, -0.15) is 4.98 Å². The standard InChI is InChI=1S/C49H64N6O5/c1-33-22-45(57)55(39-15-13-14-38(26-39)52-47(58)37-16-17-37)46-41(33)32-51-48(54-46)53-42-19-18-40(27-43(42)59-2)60-21-12-10-8-6-4-3-5-7-9-11-20-50-44(56)31-49-28-34-23-35(29-49)25-36(24-34)30-49/h13-15,18-19,22,26-27,32,34-37H,3-12,16-17,20-21,23-25,28-31H2,1-2H3,(H,50,56)(H,52,58)(H,51,53,54). The van der Waals surface area contributed by atoms with Crippen molar-refractivity contribution in [3.8, 4) is 17.2 Å². The summed E-state index contributed by atoms with van der Waals surface area (Å²) in [5.41, 5.74) is 3.26. The van der Waals surface area contributed by atoms with Gasteiger partial charge in [0, 0.05) is 48.3 Å². The van der Waals surface area contributed by atoms with Gasteiger partial charge in [0.15, 0.2) is 5.65 Å². The van der Waals surface area contributed by atoms with Crippen LogP contribution in [0.2, 0.25) is 0 Å². The van der Waals surface area contributed by atoms with E-state index < -0.39 is 0 Å². The fourth-order valence-corrected chi connectivity index (χ4v) is 10.8. The first kappa shape index (κ1) is 41.8. The van der Waals surface area contributed by atoms with E-state index in [1.54, 1.807) is 30.0 Å². The summed E-state index contributed by atoms with van der Waals surface area (Å²) in [4.78, 5) is 47.9. The number of nitrogens with one attached hydrogen (secondary N) is 3. The molecule has 60 heavy (non-hydrogen) atoms. The number of benzene rings is 2. The summed E-state index contributed by atoms with van der Waals surface area (Å²) in [5.74, 6) is 4.75. The molecule has 2 heterocycles. The number of unbranched alkanes of at least 4 members (excludes halogenated alkanes) is 9. The van der Waals surface area contributed by atoms with Crippen LogP contribution in [0.3, 0.4) is 0 Å². The number of amides is 2. The lowest BCUT2D eigenvalue weighted by atomic mass is 9.49. The van der Waals surface area contributed by atoms with Crippen LogP contribution in [0.4, 0.5) is 17.3 Å². The van der Waals surface area contributed by atoms with Gasteiger partial charge < -0.3 is 25.4 Å². The predicted octanol–water partition coefficient (Wildman–Crippen LogP) is 10.2. The Bertz CT molecular complexity index is 2160. The predicted molar refractivity (Wildman–Crippen MR) is 237 cm³/mol. The van der Waals surface area contributed by atoms with Crippen molar-refractivity contribution in [2.24, 2.45) is 29.1 Å². The quantitative estimate of drug-likeness (QED) is 0.0667. The minimum absolute atomic E-state index is 0.00656. The normalized spacial score (nSPS) is 21.5. The molecule has 0 radical (unpaired) electrons. The van der Waals surface area contributed by atoms with E-state index in [9.17, 15) is 14.4 Å². The molecule has 3 N–H and O–H groups in total. The fraction of sp³-hybridized carbons (Fsp3) is 0.571. The average molecular weight is 817 g/mol. The van der Waals surface area contributed by atoms with Gasteiger partial charge in [-0.05, 0) is 130 Å². The molecule has 5 aliphatic rings. The average Bonchev–Trinajstić information content (AvgIpc) is 4.07. The second-order valence-corrected chi connectivity index (χ2v) is 18.6. The smallest absolute Gasteiger partial charge is 0.257 e. The number of pyridine rings is 1. The number of carbonyl (C=O) groups is 2. The summed E-state index contributed by atoms with van der Waals surface area (Å²) in [6, 6.07) is 14.5. The topological polar surface area (TPSA) is 136 Å². The van der Waals surface area contributed by atoms with Gasteiger partial charge in [-0.25, -0.2) is 4.98 Å². The number of carbonyl (C=O) groups excluding carboxylic acids is 2. The van der Waals surface area contributed by atoms with E-state index in [4.69, 9.17) is 14.5 Å². The molecule has 2 aromatic carbocycles. The van der Waals surface area contributed by atoms with Gasteiger partial charge in [-0.1, -0.05) is 57.4 Å². The van der Waals surface area contributed by atoms with Gasteiger partial charge in [-0.15, -0.1) is 0 Å². The van der Waals surface area contributed by atoms with Gasteiger partial charge in [0.25, 0.3) is 5.56 Å². The summed E-state index contributed by atoms with van der Waals surface area (Å²) in [6.07, 6.45) is 24.6. The summed E-state index contributed by atoms with van der Waals surface area (Å²) in [5, 5.41) is 10.2. The molecule has 4 bridgehead atoms. The Hall–Kier alpha value is -4.93. The van der Waals surface area contributed by atoms with Gasteiger partial charge in [0.1, 0.15) is 11.5 Å². The molecule has 0 saturated heterocycles. The first-order chi connectivity index (χ1) is 29.2. The van der Waals surface area contributed by atoms with Crippen molar-refractivity contribution in [1.29, 1.82) is 0 Å². The summed E-state index contributed by atoms with van der Waals surface area (Å²) < 4.78 is 13.3. The maximum absolute atomic E-state index is 13.4. The number of fused-ring (bicyclic) bond motifs is 1. The third-order valence-electron chi connectivity index (χ3n) is 13.6. The molecule has 5 fully saturated rings. The van der Waals surface area contributed by atoms with Crippen molar-refractivity contribution < 1.29 is 19.1 Å².